The first kappa shape index (κ1) is 12.8. The smallest absolute Gasteiger partial charge is 0.297 e. The Kier molecular flexibility index (Phi) is 3.99. The molecule has 17 heavy (non-hydrogen) atoms. The Labute approximate surface area is 107 Å². The molecule has 1 saturated heterocycles. The summed E-state index contributed by atoms with van der Waals surface area (Å²) in [4.78, 5) is 6.74. The molecule has 0 amide bonds. The maximum Gasteiger partial charge on any atom is 0.297 e. The van der Waals surface area contributed by atoms with Crippen LogP contribution < -0.4 is 10.2 Å². The molecule has 0 radical (unpaired) electrons. The Morgan fingerprint density at radius 2 is 2.12 bits per heavy atom. The molecule has 96 valence electrons. The van der Waals surface area contributed by atoms with Gasteiger partial charge in [0.15, 0.2) is 0 Å². The number of aromatic nitrogens is 1. The lowest BCUT2D eigenvalue weighted by Gasteiger charge is -2.24. The minimum absolute atomic E-state index is 0.112. The lowest BCUT2D eigenvalue weighted by Crippen LogP contribution is -2.35. The van der Waals surface area contributed by atoms with Gasteiger partial charge in [0.25, 0.3) is 6.01 Å². The number of oxazole rings is 1. The van der Waals surface area contributed by atoms with Crippen molar-refractivity contribution in [3.8, 4) is 0 Å². The molecule has 1 fully saturated rings. The molecule has 5 heteroatoms. The molecule has 1 aromatic rings. The second-order valence-corrected chi connectivity index (χ2v) is 6.55. The average Bonchev–Trinajstić information content (AvgIpc) is 2.75. The van der Waals surface area contributed by atoms with E-state index in [1.807, 2.05) is 11.8 Å². The SMILES string of the molecule is CC(C)(C)NCc1coc(N2CCSCC2)n1. The summed E-state index contributed by atoms with van der Waals surface area (Å²) in [5.74, 6) is 2.33. The van der Waals surface area contributed by atoms with Gasteiger partial charge in [-0.2, -0.15) is 16.7 Å². The van der Waals surface area contributed by atoms with Gasteiger partial charge in [0.1, 0.15) is 6.26 Å². The van der Waals surface area contributed by atoms with Gasteiger partial charge in [-0.15, -0.1) is 0 Å². The number of hydrogen-bond donors (Lipinski definition) is 1. The first-order chi connectivity index (χ1) is 8.04. The number of nitrogens with zero attached hydrogens (tertiary/aromatic N) is 2. The fourth-order valence-corrected chi connectivity index (χ4v) is 2.54. The molecule has 0 aromatic carbocycles. The summed E-state index contributed by atoms with van der Waals surface area (Å²) in [7, 11) is 0. The van der Waals surface area contributed by atoms with Crippen LogP contribution in [0.1, 0.15) is 26.5 Å². The van der Waals surface area contributed by atoms with Gasteiger partial charge >= 0.3 is 0 Å². The Morgan fingerprint density at radius 1 is 1.41 bits per heavy atom. The number of thioether (sulfide) groups is 1. The maximum atomic E-state index is 5.53. The van der Waals surface area contributed by atoms with Gasteiger partial charge in [-0.25, -0.2) is 0 Å². The number of nitrogens with one attached hydrogen (secondary N) is 1. The standard InChI is InChI=1S/C12H21N3OS/c1-12(2,3)13-8-10-9-16-11(14-10)15-4-6-17-7-5-15/h9,13H,4-8H2,1-3H3. The second kappa shape index (κ2) is 5.31. The molecule has 0 spiro atoms. The zero-order valence-electron chi connectivity index (χ0n) is 10.8. The number of anilines is 1. The van der Waals surface area contributed by atoms with E-state index in [0.717, 1.165) is 42.8 Å². The highest BCUT2D eigenvalue weighted by molar-refractivity contribution is 7.99. The van der Waals surface area contributed by atoms with E-state index in [1.54, 1.807) is 6.26 Å². The molecule has 0 unspecified atom stereocenters. The van der Waals surface area contributed by atoms with E-state index >= 15 is 0 Å². The lowest BCUT2D eigenvalue weighted by molar-refractivity contribution is 0.421. The van der Waals surface area contributed by atoms with Crippen molar-refractivity contribution in [3.63, 3.8) is 0 Å². The summed E-state index contributed by atoms with van der Waals surface area (Å²) < 4.78 is 5.53. The van der Waals surface area contributed by atoms with Crippen LogP contribution in [0, 0.1) is 0 Å². The third-order valence-electron chi connectivity index (χ3n) is 2.62. The monoisotopic (exact) mass is 255 g/mol. The van der Waals surface area contributed by atoms with Gasteiger partial charge in [0.2, 0.25) is 0 Å². The summed E-state index contributed by atoms with van der Waals surface area (Å²) in [6.07, 6.45) is 1.76. The summed E-state index contributed by atoms with van der Waals surface area (Å²) in [5.41, 5.74) is 1.09. The van der Waals surface area contributed by atoms with Crippen molar-refractivity contribution >= 4 is 17.8 Å². The van der Waals surface area contributed by atoms with E-state index in [-0.39, 0.29) is 5.54 Å². The van der Waals surface area contributed by atoms with Crippen molar-refractivity contribution < 1.29 is 4.42 Å². The first-order valence-corrected chi connectivity index (χ1v) is 7.22. The van der Waals surface area contributed by atoms with E-state index in [1.165, 1.54) is 0 Å². The molecule has 1 aliphatic rings. The van der Waals surface area contributed by atoms with Gasteiger partial charge in [-0.3, -0.25) is 0 Å². The van der Waals surface area contributed by atoms with Crippen molar-refractivity contribution in [2.24, 2.45) is 0 Å². The van der Waals surface area contributed by atoms with E-state index in [9.17, 15) is 0 Å². The minimum Gasteiger partial charge on any atom is -0.432 e. The van der Waals surface area contributed by atoms with Crippen LogP contribution in [0.25, 0.3) is 0 Å². The Bertz CT molecular complexity index is 353. The van der Waals surface area contributed by atoms with Gasteiger partial charge in [0, 0.05) is 36.7 Å². The highest BCUT2D eigenvalue weighted by Gasteiger charge is 2.17. The van der Waals surface area contributed by atoms with Crippen LogP contribution in [0.2, 0.25) is 0 Å². The summed E-state index contributed by atoms with van der Waals surface area (Å²) in [5, 5.41) is 3.41. The highest BCUT2D eigenvalue weighted by Crippen LogP contribution is 2.18. The molecule has 1 aromatic heterocycles. The summed E-state index contributed by atoms with van der Waals surface area (Å²) >= 11 is 1.99. The zero-order valence-corrected chi connectivity index (χ0v) is 11.6. The van der Waals surface area contributed by atoms with Gasteiger partial charge < -0.3 is 14.6 Å². The van der Waals surface area contributed by atoms with Crippen molar-refractivity contribution in [2.45, 2.75) is 32.9 Å². The largest absolute Gasteiger partial charge is 0.432 e. The van der Waals surface area contributed by atoms with E-state index in [4.69, 9.17) is 4.42 Å². The molecule has 0 atom stereocenters. The molecule has 0 bridgehead atoms. The van der Waals surface area contributed by atoms with E-state index in [2.05, 4.69) is 36.0 Å². The maximum absolute atomic E-state index is 5.53. The molecule has 0 saturated carbocycles. The third-order valence-corrected chi connectivity index (χ3v) is 3.56. The topological polar surface area (TPSA) is 41.3 Å². The number of rotatable bonds is 3. The Morgan fingerprint density at radius 3 is 2.76 bits per heavy atom. The summed E-state index contributed by atoms with van der Waals surface area (Å²) in [6, 6.07) is 0.774. The molecule has 2 heterocycles. The molecule has 1 N–H and O–H groups in total. The first-order valence-electron chi connectivity index (χ1n) is 6.07. The fourth-order valence-electron chi connectivity index (χ4n) is 1.63. The van der Waals surface area contributed by atoms with Crippen LogP contribution >= 0.6 is 11.8 Å². The Balaban J connectivity index is 1.91. The van der Waals surface area contributed by atoms with Gasteiger partial charge in [0.05, 0.1) is 5.69 Å². The normalized spacial score (nSPS) is 17.5. The number of hydrogen-bond acceptors (Lipinski definition) is 5. The van der Waals surface area contributed by atoms with E-state index in [0.29, 0.717) is 0 Å². The molecular weight excluding hydrogens is 234 g/mol. The van der Waals surface area contributed by atoms with Crippen LogP contribution in [0.5, 0.6) is 0 Å². The van der Waals surface area contributed by atoms with Crippen molar-refractivity contribution in [1.82, 2.24) is 10.3 Å². The fraction of sp³-hybridized carbons (Fsp3) is 0.750. The van der Waals surface area contributed by atoms with Crippen molar-refractivity contribution in [1.29, 1.82) is 0 Å². The minimum atomic E-state index is 0.112. The molecule has 4 nitrogen and oxygen atoms in total. The van der Waals surface area contributed by atoms with Crippen LogP contribution in [0.15, 0.2) is 10.7 Å². The quantitative estimate of drug-likeness (QED) is 0.896. The van der Waals surface area contributed by atoms with Crippen LogP contribution in [-0.2, 0) is 6.54 Å². The van der Waals surface area contributed by atoms with Crippen molar-refractivity contribution in [2.75, 3.05) is 29.5 Å². The molecule has 2 rings (SSSR count). The molecule has 1 aliphatic heterocycles. The molecule has 0 aliphatic carbocycles. The Hall–Kier alpha value is -0.680. The van der Waals surface area contributed by atoms with Gasteiger partial charge in [-0.05, 0) is 20.8 Å². The summed E-state index contributed by atoms with van der Waals surface area (Å²) in [6.45, 7) is 9.28. The van der Waals surface area contributed by atoms with E-state index < -0.39 is 0 Å². The predicted molar refractivity (Wildman–Crippen MR) is 72.6 cm³/mol. The predicted octanol–water partition coefficient (Wildman–Crippen LogP) is 2.12. The third kappa shape index (κ3) is 3.92. The average molecular weight is 255 g/mol. The van der Waals surface area contributed by atoms with Crippen LogP contribution in [-0.4, -0.2) is 35.1 Å². The highest BCUT2D eigenvalue weighted by atomic mass is 32.2. The van der Waals surface area contributed by atoms with Crippen LogP contribution in [0.3, 0.4) is 0 Å². The molecular formula is C12H21N3OS. The van der Waals surface area contributed by atoms with Crippen LogP contribution in [0.4, 0.5) is 6.01 Å². The van der Waals surface area contributed by atoms with Gasteiger partial charge in [-0.1, -0.05) is 0 Å². The zero-order chi connectivity index (χ0) is 12.3. The second-order valence-electron chi connectivity index (χ2n) is 5.32. The van der Waals surface area contributed by atoms with Crippen molar-refractivity contribution in [3.05, 3.63) is 12.0 Å². The lowest BCUT2D eigenvalue weighted by atomic mass is 10.1.